The van der Waals surface area contributed by atoms with Crippen LogP contribution in [0.25, 0.3) is 10.6 Å². The van der Waals surface area contributed by atoms with Gasteiger partial charge in [-0.25, -0.2) is 9.37 Å². The number of benzene rings is 1. The van der Waals surface area contributed by atoms with E-state index in [1.165, 1.54) is 6.07 Å². The second kappa shape index (κ2) is 5.57. The van der Waals surface area contributed by atoms with Crippen LogP contribution in [-0.4, -0.2) is 10.5 Å². The van der Waals surface area contributed by atoms with E-state index < -0.39 is 5.82 Å². The maximum atomic E-state index is 13.1. The minimum atomic E-state index is -0.406. The fourth-order valence-electron chi connectivity index (χ4n) is 1.50. The number of nitrogens with one attached hydrogen (secondary N) is 1. The molecule has 1 heterocycles. The number of rotatable bonds is 3. The molecule has 2 rings (SSSR count). The maximum absolute atomic E-state index is 13.1. The zero-order valence-electron chi connectivity index (χ0n) is 11.1. The van der Waals surface area contributed by atoms with Crippen molar-refractivity contribution in [3.8, 4) is 10.6 Å². The molecule has 0 saturated carbocycles. The van der Waals surface area contributed by atoms with Gasteiger partial charge in [-0.1, -0.05) is 11.6 Å². The largest absolute Gasteiger partial charge is 0.307 e. The van der Waals surface area contributed by atoms with E-state index in [0.717, 1.165) is 22.0 Å². The molecule has 0 fully saturated rings. The molecule has 0 aliphatic heterocycles. The van der Waals surface area contributed by atoms with Crippen LogP contribution in [0.15, 0.2) is 24.4 Å². The number of hydrogen-bond acceptors (Lipinski definition) is 3. The number of nitrogens with zero attached hydrogens (tertiary/aromatic N) is 1. The van der Waals surface area contributed by atoms with Crippen molar-refractivity contribution in [2.24, 2.45) is 0 Å². The lowest BCUT2D eigenvalue weighted by Gasteiger charge is -2.19. The highest BCUT2D eigenvalue weighted by atomic mass is 35.5. The molecule has 102 valence electrons. The molecule has 0 aliphatic rings. The molecule has 0 amide bonds. The summed E-state index contributed by atoms with van der Waals surface area (Å²) < 4.78 is 13.1. The highest BCUT2D eigenvalue weighted by Crippen LogP contribution is 2.28. The van der Waals surface area contributed by atoms with Crippen molar-refractivity contribution in [1.82, 2.24) is 10.3 Å². The third-order valence-electron chi connectivity index (χ3n) is 2.51. The third kappa shape index (κ3) is 4.00. The van der Waals surface area contributed by atoms with Gasteiger partial charge in [0, 0.05) is 28.7 Å². The van der Waals surface area contributed by atoms with Crippen molar-refractivity contribution in [1.29, 1.82) is 0 Å². The van der Waals surface area contributed by atoms with E-state index in [2.05, 4.69) is 31.1 Å². The Balaban J connectivity index is 2.14. The Morgan fingerprint density at radius 2 is 2.11 bits per heavy atom. The monoisotopic (exact) mass is 298 g/mol. The number of halogens is 2. The fourth-order valence-corrected chi connectivity index (χ4v) is 2.53. The van der Waals surface area contributed by atoms with Gasteiger partial charge in [-0.05, 0) is 39.0 Å². The summed E-state index contributed by atoms with van der Waals surface area (Å²) in [6.45, 7) is 7.13. The molecular formula is C14H16ClFN2S. The summed E-state index contributed by atoms with van der Waals surface area (Å²) in [6, 6.07) is 4.67. The molecule has 0 spiro atoms. The van der Waals surface area contributed by atoms with Crippen LogP contribution in [0.5, 0.6) is 0 Å². The van der Waals surface area contributed by atoms with Crippen molar-refractivity contribution in [3.05, 3.63) is 40.1 Å². The average molecular weight is 299 g/mol. The molecule has 0 unspecified atom stereocenters. The lowest BCUT2D eigenvalue weighted by Crippen LogP contribution is -2.34. The Morgan fingerprint density at radius 1 is 1.37 bits per heavy atom. The Kier molecular flexibility index (Phi) is 4.23. The first-order chi connectivity index (χ1) is 8.85. The van der Waals surface area contributed by atoms with Gasteiger partial charge in [0.15, 0.2) is 0 Å². The minimum absolute atomic E-state index is 0.0728. The Labute approximate surface area is 121 Å². The van der Waals surface area contributed by atoms with Gasteiger partial charge in [0.25, 0.3) is 0 Å². The zero-order chi connectivity index (χ0) is 14.0. The number of thiazole rings is 1. The summed E-state index contributed by atoms with van der Waals surface area (Å²) in [5.74, 6) is -0.406. The first kappa shape index (κ1) is 14.4. The van der Waals surface area contributed by atoms with Crippen LogP contribution in [0.1, 0.15) is 25.6 Å². The molecule has 19 heavy (non-hydrogen) atoms. The zero-order valence-corrected chi connectivity index (χ0v) is 12.7. The lowest BCUT2D eigenvalue weighted by molar-refractivity contribution is 0.426. The van der Waals surface area contributed by atoms with Gasteiger partial charge in [0.2, 0.25) is 0 Å². The number of aromatic nitrogens is 1. The molecule has 0 saturated heterocycles. The van der Waals surface area contributed by atoms with Crippen molar-refractivity contribution >= 4 is 22.9 Å². The predicted octanol–water partition coefficient (Wildman–Crippen LogP) is 4.49. The number of hydrogen-bond donors (Lipinski definition) is 1. The summed E-state index contributed by atoms with van der Waals surface area (Å²) in [5, 5.41) is 4.39. The van der Waals surface area contributed by atoms with Crippen molar-refractivity contribution in [2.45, 2.75) is 32.9 Å². The van der Waals surface area contributed by atoms with Gasteiger partial charge in [-0.2, -0.15) is 0 Å². The topological polar surface area (TPSA) is 24.9 Å². The quantitative estimate of drug-likeness (QED) is 0.903. The van der Waals surface area contributed by atoms with E-state index in [9.17, 15) is 4.39 Å². The molecule has 1 N–H and O–H groups in total. The highest BCUT2D eigenvalue weighted by molar-refractivity contribution is 7.15. The maximum Gasteiger partial charge on any atom is 0.141 e. The van der Waals surface area contributed by atoms with Crippen LogP contribution in [0, 0.1) is 5.82 Å². The van der Waals surface area contributed by atoms with E-state index >= 15 is 0 Å². The van der Waals surface area contributed by atoms with Gasteiger partial charge in [0.05, 0.1) is 5.02 Å². The van der Waals surface area contributed by atoms with Gasteiger partial charge >= 0.3 is 0 Å². The van der Waals surface area contributed by atoms with E-state index in [1.807, 2.05) is 6.20 Å². The average Bonchev–Trinajstić information content (AvgIpc) is 2.78. The second-order valence-electron chi connectivity index (χ2n) is 5.36. The summed E-state index contributed by atoms with van der Waals surface area (Å²) >= 11 is 7.37. The molecule has 0 bridgehead atoms. The van der Waals surface area contributed by atoms with Gasteiger partial charge in [-0.3, -0.25) is 0 Å². The van der Waals surface area contributed by atoms with Crippen molar-refractivity contribution in [3.63, 3.8) is 0 Å². The second-order valence-corrected chi connectivity index (χ2v) is 6.89. The van der Waals surface area contributed by atoms with Gasteiger partial charge in [0.1, 0.15) is 10.8 Å². The Bertz CT molecular complexity index is 575. The van der Waals surface area contributed by atoms with E-state index in [-0.39, 0.29) is 10.6 Å². The van der Waals surface area contributed by atoms with Gasteiger partial charge < -0.3 is 5.32 Å². The molecule has 0 atom stereocenters. The smallest absolute Gasteiger partial charge is 0.141 e. The molecule has 5 heteroatoms. The summed E-state index contributed by atoms with van der Waals surface area (Å²) in [7, 11) is 0. The Morgan fingerprint density at radius 3 is 2.74 bits per heavy atom. The molecule has 0 aliphatic carbocycles. The molecule has 0 radical (unpaired) electrons. The van der Waals surface area contributed by atoms with Gasteiger partial charge in [-0.15, -0.1) is 11.3 Å². The lowest BCUT2D eigenvalue weighted by atomic mass is 10.1. The first-order valence-electron chi connectivity index (χ1n) is 6.00. The summed E-state index contributed by atoms with van der Waals surface area (Å²) in [4.78, 5) is 5.50. The first-order valence-corrected chi connectivity index (χ1v) is 7.20. The molecule has 2 aromatic rings. The van der Waals surface area contributed by atoms with E-state index in [4.69, 9.17) is 11.6 Å². The highest BCUT2D eigenvalue weighted by Gasteiger charge is 2.11. The third-order valence-corrected chi connectivity index (χ3v) is 3.85. The van der Waals surface area contributed by atoms with E-state index in [0.29, 0.717) is 0 Å². The van der Waals surface area contributed by atoms with Crippen LogP contribution in [-0.2, 0) is 6.54 Å². The standard InChI is InChI=1S/C14H16ClFN2S/c1-14(2,3)18-8-10-7-17-13(19-10)9-4-5-12(16)11(15)6-9/h4-7,18H,8H2,1-3H3. The summed E-state index contributed by atoms with van der Waals surface area (Å²) in [6.07, 6.45) is 1.84. The van der Waals surface area contributed by atoms with Crippen molar-refractivity contribution in [2.75, 3.05) is 0 Å². The molecule has 1 aromatic heterocycles. The normalized spacial score (nSPS) is 11.8. The SMILES string of the molecule is CC(C)(C)NCc1cnc(-c2ccc(F)c(Cl)c2)s1. The van der Waals surface area contributed by atoms with Crippen LogP contribution < -0.4 is 5.32 Å². The molecular weight excluding hydrogens is 283 g/mol. The van der Waals surface area contributed by atoms with E-state index in [1.54, 1.807) is 23.5 Å². The summed E-state index contributed by atoms with van der Waals surface area (Å²) in [5.41, 5.74) is 0.919. The minimum Gasteiger partial charge on any atom is -0.307 e. The van der Waals surface area contributed by atoms with Crippen LogP contribution in [0.3, 0.4) is 0 Å². The predicted molar refractivity (Wildman–Crippen MR) is 79.1 cm³/mol. The van der Waals surface area contributed by atoms with Crippen molar-refractivity contribution < 1.29 is 4.39 Å². The molecule has 2 nitrogen and oxygen atoms in total. The fraction of sp³-hybridized carbons (Fsp3) is 0.357. The van der Waals surface area contributed by atoms with Crippen LogP contribution in [0.2, 0.25) is 5.02 Å². The van der Waals surface area contributed by atoms with Crippen LogP contribution in [0.4, 0.5) is 4.39 Å². The molecule has 1 aromatic carbocycles. The Hall–Kier alpha value is -0.970. The van der Waals surface area contributed by atoms with Crippen LogP contribution >= 0.6 is 22.9 Å².